The second kappa shape index (κ2) is 9.50. The first kappa shape index (κ1) is 23.6. The summed E-state index contributed by atoms with van der Waals surface area (Å²) in [6, 6.07) is 15.3. The van der Waals surface area contributed by atoms with Crippen LogP contribution in [0, 0.1) is 6.92 Å². The van der Waals surface area contributed by atoms with Crippen LogP contribution in [0.15, 0.2) is 48.8 Å². The van der Waals surface area contributed by atoms with E-state index in [9.17, 15) is 0 Å². The Labute approximate surface area is 209 Å². The maximum atomic E-state index is 5.04. The number of hydrogen-bond acceptors (Lipinski definition) is 4. The molecule has 4 aromatic rings. The molecule has 1 N–H and O–H groups in total. The molecule has 0 saturated carbocycles. The van der Waals surface area contributed by atoms with E-state index in [0.29, 0.717) is 0 Å². The number of benzene rings is 2. The van der Waals surface area contributed by atoms with Gasteiger partial charge in [-0.1, -0.05) is 58.0 Å². The van der Waals surface area contributed by atoms with Crippen LogP contribution in [0.5, 0.6) is 0 Å². The molecular weight excluding hydrogens is 432 g/mol. The van der Waals surface area contributed by atoms with Gasteiger partial charge < -0.3 is 14.5 Å². The summed E-state index contributed by atoms with van der Waals surface area (Å²) in [5.74, 6) is 0.935. The number of imidazole rings is 2. The smallest absolute Gasteiger partial charge is 0.138 e. The summed E-state index contributed by atoms with van der Waals surface area (Å²) in [5, 5.41) is 0. The SMILES string of the molecule is CCCn1cnc(CN2CCN(c3cccc4[nH]c(-c5ccc(C(C)(C)C)cc5)nc34)CC2)c1C. The highest BCUT2D eigenvalue weighted by atomic mass is 15.3. The molecule has 0 unspecified atom stereocenters. The fourth-order valence-corrected chi connectivity index (χ4v) is 5.00. The standard InChI is InChI=1S/C29H38N6/c1-6-14-35-20-30-25(21(35)2)19-33-15-17-34(18-16-33)26-9-7-8-24-27(26)32-28(31-24)22-10-12-23(13-11-22)29(3,4)5/h7-13,20H,6,14-19H2,1-5H3,(H,31,32). The Balaban J connectivity index is 1.30. The van der Waals surface area contributed by atoms with E-state index in [1.807, 2.05) is 6.33 Å². The average Bonchev–Trinajstić information content (AvgIpc) is 3.44. The van der Waals surface area contributed by atoms with Gasteiger partial charge in [0.05, 0.1) is 23.2 Å². The Bertz CT molecular complexity index is 1280. The maximum Gasteiger partial charge on any atom is 0.138 e. The fraction of sp³-hybridized carbons (Fsp3) is 0.448. The molecular formula is C29H38N6. The van der Waals surface area contributed by atoms with E-state index in [1.165, 1.54) is 22.6 Å². The van der Waals surface area contributed by atoms with E-state index in [-0.39, 0.29) is 5.41 Å². The largest absolute Gasteiger partial charge is 0.367 e. The second-order valence-electron chi connectivity index (χ2n) is 10.8. The molecule has 5 rings (SSSR count). The zero-order valence-corrected chi connectivity index (χ0v) is 21.8. The Morgan fingerprint density at radius 2 is 1.71 bits per heavy atom. The molecule has 2 aromatic heterocycles. The zero-order valence-electron chi connectivity index (χ0n) is 21.8. The van der Waals surface area contributed by atoms with Crippen molar-refractivity contribution >= 4 is 16.7 Å². The minimum absolute atomic E-state index is 0.149. The van der Waals surface area contributed by atoms with Gasteiger partial charge in [-0.05, 0) is 36.5 Å². The molecule has 1 aliphatic rings. The molecule has 35 heavy (non-hydrogen) atoms. The molecule has 0 radical (unpaired) electrons. The Morgan fingerprint density at radius 1 is 0.971 bits per heavy atom. The minimum atomic E-state index is 0.149. The van der Waals surface area contributed by atoms with Crippen LogP contribution in [0.25, 0.3) is 22.4 Å². The molecule has 0 bridgehead atoms. The van der Waals surface area contributed by atoms with Crippen molar-refractivity contribution in [3.8, 4) is 11.4 Å². The Kier molecular flexibility index (Phi) is 6.41. The van der Waals surface area contributed by atoms with Gasteiger partial charge in [0.25, 0.3) is 0 Å². The zero-order chi connectivity index (χ0) is 24.6. The molecule has 0 spiro atoms. The third-order valence-corrected chi connectivity index (χ3v) is 7.27. The quantitative estimate of drug-likeness (QED) is 0.389. The topological polar surface area (TPSA) is 53.0 Å². The van der Waals surface area contributed by atoms with E-state index in [2.05, 4.69) is 96.4 Å². The summed E-state index contributed by atoms with van der Waals surface area (Å²) in [5.41, 5.74) is 8.50. The highest BCUT2D eigenvalue weighted by Gasteiger charge is 2.22. The number of aromatic nitrogens is 4. The monoisotopic (exact) mass is 470 g/mol. The van der Waals surface area contributed by atoms with Gasteiger partial charge in [0.15, 0.2) is 0 Å². The van der Waals surface area contributed by atoms with Crippen molar-refractivity contribution in [2.75, 3.05) is 31.1 Å². The number of H-pyrrole nitrogens is 1. The summed E-state index contributed by atoms with van der Waals surface area (Å²) < 4.78 is 2.28. The first-order chi connectivity index (χ1) is 16.8. The number of fused-ring (bicyclic) bond motifs is 1. The summed E-state index contributed by atoms with van der Waals surface area (Å²) in [4.78, 5) is 18.3. The number of anilines is 1. The van der Waals surface area contributed by atoms with Crippen molar-refractivity contribution in [3.05, 3.63) is 65.7 Å². The van der Waals surface area contributed by atoms with Gasteiger partial charge in [0.2, 0.25) is 0 Å². The van der Waals surface area contributed by atoms with Gasteiger partial charge in [0.1, 0.15) is 11.3 Å². The van der Waals surface area contributed by atoms with Gasteiger partial charge in [-0.15, -0.1) is 0 Å². The van der Waals surface area contributed by atoms with Crippen molar-refractivity contribution in [2.45, 2.75) is 59.5 Å². The number of hydrogen-bond donors (Lipinski definition) is 1. The van der Waals surface area contributed by atoms with E-state index < -0.39 is 0 Å². The van der Waals surface area contributed by atoms with Crippen molar-refractivity contribution < 1.29 is 0 Å². The number of nitrogens with one attached hydrogen (secondary N) is 1. The predicted molar refractivity (Wildman–Crippen MR) is 145 cm³/mol. The predicted octanol–water partition coefficient (Wildman–Crippen LogP) is 5.76. The normalized spacial score (nSPS) is 15.3. The summed E-state index contributed by atoms with van der Waals surface area (Å²) in [7, 11) is 0. The van der Waals surface area contributed by atoms with Crippen LogP contribution in [0.2, 0.25) is 0 Å². The number of aryl methyl sites for hydroxylation is 1. The van der Waals surface area contributed by atoms with Crippen LogP contribution in [0.4, 0.5) is 5.69 Å². The number of para-hydroxylation sites is 1. The maximum absolute atomic E-state index is 5.04. The van der Waals surface area contributed by atoms with Crippen molar-refractivity contribution in [1.29, 1.82) is 0 Å². The minimum Gasteiger partial charge on any atom is -0.367 e. The lowest BCUT2D eigenvalue weighted by molar-refractivity contribution is 0.247. The lowest BCUT2D eigenvalue weighted by atomic mass is 9.87. The molecule has 6 heteroatoms. The van der Waals surface area contributed by atoms with Gasteiger partial charge in [0, 0.05) is 50.5 Å². The highest BCUT2D eigenvalue weighted by Crippen LogP contribution is 2.30. The number of aromatic amines is 1. The van der Waals surface area contributed by atoms with Gasteiger partial charge >= 0.3 is 0 Å². The van der Waals surface area contributed by atoms with E-state index in [0.717, 1.165) is 68.1 Å². The molecule has 0 atom stereocenters. The molecule has 0 amide bonds. The molecule has 0 aliphatic carbocycles. The van der Waals surface area contributed by atoms with Crippen LogP contribution in [-0.2, 0) is 18.5 Å². The van der Waals surface area contributed by atoms with Crippen LogP contribution < -0.4 is 4.90 Å². The molecule has 1 aliphatic heterocycles. The fourth-order valence-electron chi connectivity index (χ4n) is 5.00. The third-order valence-electron chi connectivity index (χ3n) is 7.27. The number of rotatable bonds is 6. The molecule has 3 heterocycles. The average molecular weight is 471 g/mol. The lowest BCUT2D eigenvalue weighted by Crippen LogP contribution is -2.46. The first-order valence-corrected chi connectivity index (χ1v) is 12.9. The highest BCUT2D eigenvalue weighted by molar-refractivity contribution is 5.91. The summed E-state index contributed by atoms with van der Waals surface area (Å²) in [6.07, 6.45) is 3.13. The first-order valence-electron chi connectivity index (χ1n) is 12.9. The second-order valence-corrected chi connectivity index (χ2v) is 10.8. The molecule has 2 aromatic carbocycles. The summed E-state index contributed by atoms with van der Waals surface area (Å²) >= 11 is 0. The Morgan fingerprint density at radius 3 is 2.40 bits per heavy atom. The van der Waals surface area contributed by atoms with Gasteiger partial charge in [-0.2, -0.15) is 0 Å². The van der Waals surface area contributed by atoms with Crippen molar-refractivity contribution in [1.82, 2.24) is 24.4 Å². The van der Waals surface area contributed by atoms with E-state index >= 15 is 0 Å². The van der Waals surface area contributed by atoms with Crippen LogP contribution >= 0.6 is 0 Å². The molecule has 1 saturated heterocycles. The Hall–Kier alpha value is -3.12. The van der Waals surface area contributed by atoms with Crippen LogP contribution in [0.1, 0.15) is 51.1 Å². The number of nitrogens with zero attached hydrogens (tertiary/aromatic N) is 5. The van der Waals surface area contributed by atoms with E-state index in [1.54, 1.807) is 0 Å². The molecule has 184 valence electrons. The summed E-state index contributed by atoms with van der Waals surface area (Å²) in [6.45, 7) is 17.2. The number of piperazine rings is 1. The lowest BCUT2D eigenvalue weighted by Gasteiger charge is -2.36. The molecule has 6 nitrogen and oxygen atoms in total. The van der Waals surface area contributed by atoms with Gasteiger partial charge in [-0.3, -0.25) is 4.90 Å². The van der Waals surface area contributed by atoms with Crippen LogP contribution in [-0.4, -0.2) is 50.6 Å². The van der Waals surface area contributed by atoms with E-state index in [4.69, 9.17) is 9.97 Å². The van der Waals surface area contributed by atoms with Gasteiger partial charge in [-0.25, -0.2) is 9.97 Å². The third kappa shape index (κ3) is 4.85. The van der Waals surface area contributed by atoms with Crippen molar-refractivity contribution in [2.24, 2.45) is 0 Å². The van der Waals surface area contributed by atoms with Crippen LogP contribution in [0.3, 0.4) is 0 Å². The van der Waals surface area contributed by atoms with Crippen molar-refractivity contribution in [3.63, 3.8) is 0 Å². The molecule has 1 fully saturated rings.